The summed E-state index contributed by atoms with van der Waals surface area (Å²) in [7, 11) is 0. The van der Waals surface area contributed by atoms with Gasteiger partial charge in [0.15, 0.2) is 11.5 Å². The van der Waals surface area contributed by atoms with E-state index >= 15 is 0 Å². The molecule has 2 aliphatic rings. The minimum atomic E-state index is -4.79. The molecule has 1 aliphatic heterocycles. The number of nitrogens with one attached hydrogen (secondary N) is 1. The lowest BCUT2D eigenvalue weighted by atomic mass is 9.72. The van der Waals surface area contributed by atoms with Gasteiger partial charge in [-0.3, -0.25) is 4.79 Å². The maximum atomic E-state index is 13.5. The molecule has 3 aromatic heterocycles. The predicted molar refractivity (Wildman–Crippen MR) is 128 cm³/mol. The van der Waals surface area contributed by atoms with Gasteiger partial charge in [0, 0.05) is 30.4 Å². The standard InChI is InChI=1S/C26H23F3N6O2/c1-2-3-4-19-23-30-11-12-35(23)14-20(32-19)22-31-13-18-21(33-22)34-24(36)25(18,15-5-6-15)16-7-9-17(10-8-16)37-26(27,28)29/h7-15H,2-6H2,1H3,(H,31,33,34,36). The van der Waals surface area contributed by atoms with Crippen molar-refractivity contribution in [2.24, 2.45) is 5.92 Å². The van der Waals surface area contributed by atoms with Crippen molar-refractivity contribution in [1.29, 1.82) is 0 Å². The van der Waals surface area contributed by atoms with Crippen molar-refractivity contribution in [2.45, 2.75) is 50.8 Å². The van der Waals surface area contributed by atoms with Gasteiger partial charge in [-0.2, -0.15) is 0 Å². The van der Waals surface area contributed by atoms with Crippen molar-refractivity contribution in [3.05, 3.63) is 65.9 Å². The highest BCUT2D eigenvalue weighted by molar-refractivity contribution is 6.08. The average Bonchev–Trinajstić information content (AvgIpc) is 3.52. The Bertz CT molecular complexity index is 1500. The van der Waals surface area contributed by atoms with E-state index in [1.54, 1.807) is 12.4 Å². The lowest BCUT2D eigenvalue weighted by molar-refractivity contribution is -0.274. The second kappa shape index (κ2) is 8.53. The molecule has 0 saturated heterocycles. The lowest BCUT2D eigenvalue weighted by Crippen LogP contribution is -2.38. The number of nitrogens with zero attached hydrogens (tertiary/aromatic N) is 5. The van der Waals surface area contributed by atoms with Crippen LogP contribution in [0, 0.1) is 5.92 Å². The molecule has 1 N–H and O–H groups in total. The van der Waals surface area contributed by atoms with Gasteiger partial charge < -0.3 is 14.5 Å². The Kier molecular flexibility index (Phi) is 5.39. The van der Waals surface area contributed by atoms with E-state index < -0.39 is 11.8 Å². The third kappa shape index (κ3) is 3.98. The van der Waals surface area contributed by atoms with Crippen molar-refractivity contribution in [3.8, 4) is 17.3 Å². The van der Waals surface area contributed by atoms with Crippen LogP contribution in [0.3, 0.4) is 0 Å². The number of hydrogen-bond donors (Lipinski definition) is 1. The van der Waals surface area contributed by atoms with E-state index in [0.29, 0.717) is 28.5 Å². The van der Waals surface area contributed by atoms with Crippen molar-refractivity contribution in [1.82, 2.24) is 24.3 Å². The first kappa shape index (κ1) is 23.4. The van der Waals surface area contributed by atoms with Crippen LogP contribution in [-0.4, -0.2) is 36.6 Å². The first-order valence-electron chi connectivity index (χ1n) is 12.2. The minimum absolute atomic E-state index is 0.00125. The largest absolute Gasteiger partial charge is 0.573 e. The molecule has 4 aromatic rings. The van der Waals surface area contributed by atoms with E-state index in [4.69, 9.17) is 4.98 Å². The number of fused-ring (bicyclic) bond motifs is 2. The topological polar surface area (TPSA) is 94.3 Å². The molecule has 1 atom stereocenters. The highest BCUT2D eigenvalue weighted by Crippen LogP contribution is 2.56. The van der Waals surface area contributed by atoms with Crippen LogP contribution in [-0.2, 0) is 16.6 Å². The van der Waals surface area contributed by atoms with Gasteiger partial charge in [0.2, 0.25) is 5.91 Å². The molecule has 4 heterocycles. The number of halogens is 3. The van der Waals surface area contributed by atoms with E-state index in [2.05, 4.69) is 31.9 Å². The van der Waals surface area contributed by atoms with E-state index in [1.807, 2.05) is 16.8 Å². The Labute approximate surface area is 210 Å². The number of imidazole rings is 1. The van der Waals surface area contributed by atoms with Crippen molar-refractivity contribution < 1.29 is 22.7 Å². The van der Waals surface area contributed by atoms with Crippen LogP contribution in [0.4, 0.5) is 19.0 Å². The second-order valence-corrected chi connectivity index (χ2v) is 9.40. The predicted octanol–water partition coefficient (Wildman–Crippen LogP) is 5.08. The second-order valence-electron chi connectivity index (χ2n) is 9.40. The SMILES string of the molecule is CCCCc1nc(-c2ncc3c(n2)NC(=O)C3(c2ccc(OC(F)(F)F)cc2)C2CC2)cn2ccnc12. The molecule has 8 nitrogen and oxygen atoms in total. The maximum Gasteiger partial charge on any atom is 0.573 e. The normalized spacial score (nSPS) is 19.2. The third-order valence-electron chi connectivity index (χ3n) is 6.98. The molecule has 6 rings (SSSR count). The number of ether oxygens (including phenoxy) is 1. The van der Waals surface area contributed by atoms with E-state index in [1.165, 1.54) is 24.3 Å². The highest BCUT2D eigenvalue weighted by atomic mass is 19.4. The molecule has 1 saturated carbocycles. The van der Waals surface area contributed by atoms with Crippen LogP contribution in [0.25, 0.3) is 17.2 Å². The number of alkyl halides is 3. The fraction of sp³-hybridized carbons (Fsp3) is 0.346. The highest BCUT2D eigenvalue weighted by Gasteiger charge is 2.58. The molecule has 37 heavy (non-hydrogen) atoms. The first-order chi connectivity index (χ1) is 17.8. The van der Waals surface area contributed by atoms with Gasteiger partial charge >= 0.3 is 6.36 Å². The van der Waals surface area contributed by atoms with Gasteiger partial charge in [-0.15, -0.1) is 13.2 Å². The number of aryl methyl sites for hydroxylation is 1. The van der Waals surface area contributed by atoms with E-state index in [9.17, 15) is 18.0 Å². The molecule has 1 amide bonds. The maximum absolute atomic E-state index is 13.5. The number of hydrogen-bond acceptors (Lipinski definition) is 6. The summed E-state index contributed by atoms with van der Waals surface area (Å²) in [6.07, 6.45) is 6.61. The molecule has 1 aromatic carbocycles. The van der Waals surface area contributed by atoms with Gasteiger partial charge in [-0.1, -0.05) is 25.5 Å². The zero-order chi connectivity index (χ0) is 25.8. The van der Waals surface area contributed by atoms with Gasteiger partial charge in [-0.05, 0) is 49.3 Å². The zero-order valence-corrected chi connectivity index (χ0v) is 19.9. The molecule has 0 radical (unpaired) electrons. The Morgan fingerprint density at radius 2 is 1.95 bits per heavy atom. The van der Waals surface area contributed by atoms with Crippen LogP contribution in [0.2, 0.25) is 0 Å². The molecule has 1 unspecified atom stereocenters. The van der Waals surface area contributed by atoms with Crippen LogP contribution in [0.5, 0.6) is 5.75 Å². The van der Waals surface area contributed by atoms with E-state index in [-0.39, 0.29) is 17.6 Å². The molecule has 1 aliphatic carbocycles. The van der Waals surface area contributed by atoms with Crippen molar-refractivity contribution >= 4 is 17.4 Å². The molecule has 1 fully saturated rings. The summed E-state index contributed by atoms with van der Waals surface area (Å²) in [6.45, 7) is 2.11. The van der Waals surface area contributed by atoms with Crippen LogP contribution in [0.1, 0.15) is 49.4 Å². The number of rotatable bonds is 7. The Morgan fingerprint density at radius 1 is 1.16 bits per heavy atom. The fourth-order valence-electron chi connectivity index (χ4n) is 5.20. The molecule has 11 heteroatoms. The summed E-state index contributed by atoms with van der Waals surface area (Å²) in [5, 5.41) is 2.90. The Hall–Kier alpha value is -4.02. The van der Waals surface area contributed by atoms with Crippen molar-refractivity contribution in [2.75, 3.05) is 5.32 Å². The summed E-state index contributed by atoms with van der Waals surface area (Å²) in [4.78, 5) is 31.9. The zero-order valence-electron chi connectivity index (χ0n) is 19.9. The number of carbonyl (C=O) groups is 1. The van der Waals surface area contributed by atoms with Gasteiger partial charge in [0.1, 0.15) is 22.7 Å². The number of unbranched alkanes of at least 4 members (excludes halogenated alkanes) is 1. The summed E-state index contributed by atoms with van der Waals surface area (Å²) in [6, 6.07) is 5.48. The summed E-state index contributed by atoms with van der Waals surface area (Å²) in [5.41, 5.74) is 2.33. The van der Waals surface area contributed by atoms with Gasteiger partial charge in [0.25, 0.3) is 0 Å². The number of amides is 1. The van der Waals surface area contributed by atoms with Gasteiger partial charge in [-0.25, -0.2) is 19.9 Å². The Balaban J connectivity index is 1.40. The number of carbonyl (C=O) groups excluding carboxylic acids is 1. The summed E-state index contributed by atoms with van der Waals surface area (Å²) < 4.78 is 43.8. The summed E-state index contributed by atoms with van der Waals surface area (Å²) >= 11 is 0. The average molecular weight is 509 g/mol. The quantitative estimate of drug-likeness (QED) is 0.374. The monoisotopic (exact) mass is 508 g/mol. The number of benzene rings is 1. The van der Waals surface area contributed by atoms with Crippen LogP contribution in [0.15, 0.2) is 49.1 Å². The van der Waals surface area contributed by atoms with Crippen molar-refractivity contribution in [3.63, 3.8) is 0 Å². The lowest BCUT2D eigenvalue weighted by Gasteiger charge is -2.28. The van der Waals surface area contributed by atoms with E-state index in [0.717, 1.165) is 43.4 Å². The first-order valence-corrected chi connectivity index (χ1v) is 12.2. The number of aromatic nitrogens is 5. The summed E-state index contributed by atoms with van der Waals surface area (Å²) in [5.74, 6) is 0.154. The van der Waals surface area contributed by atoms with Gasteiger partial charge in [0.05, 0.1) is 5.69 Å². The molecule has 190 valence electrons. The third-order valence-corrected chi connectivity index (χ3v) is 6.98. The molecular weight excluding hydrogens is 485 g/mol. The van der Waals surface area contributed by atoms with Crippen LogP contribution >= 0.6 is 0 Å². The molecule has 0 bridgehead atoms. The molecular formula is C26H23F3N6O2. The number of anilines is 1. The van der Waals surface area contributed by atoms with Crippen LogP contribution < -0.4 is 10.1 Å². The fourth-order valence-corrected chi connectivity index (χ4v) is 5.20. The Morgan fingerprint density at radius 3 is 2.65 bits per heavy atom. The smallest absolute Gasteiger partial charge is 0.406 e. The molecule has 0 spiro atoms. The minimum Gasteiger partial charge on any atom is -0.406 e.